The monoisotopic (exact) mass is 228 g/mol. The minimum absolute atomic E-state index is 0.136. The molecule has 0 spiro atoms. The van der Waals surface area contributed by atoms with Crippen LogP contribution < -0.4 is 0 Å². The van der Waals surface area contributed by atoms with Crippen molar-refractivity contribution in [2.45, 2.75) is 32.4 Å². The summed E-state index contributed by atoms with van der Waals surface area (Å²) in [6, 6.07) is 8.12. The maximum atomic E-state index is 9.08. The number of rotatable bonds is 6. The summed E-state index contributed by atoms with van der Waals surface area (Å²) >= 11 is 0. The molecule has 0 saturated carbocycles. The van der Waals surface area contributed by atoms with Crippen LogP contribution in [-0.4, -0.2) is 22.5 Å². The molecule has 1 aromatic heterocycles. The van der Waals surface area contributed by atoms with Crippen LogP contribution in [0.2, 0.25) is 0 Å². The quantitative estimate of drug-likeness (QED) is 0.748. The first-order valence-corrected chi connectivity index (χ1v) is 5.71. The van der Waals surface area contributed by atoms with Gasteiger partial charge in [-0.15, -0.1) is 0 Å². The second-order valence-electron chi connectivity index (χ2n) is 3.79. The van der Waals surface area contributed by atoms with Gasteiger partial charge in [-0.3, -0.25) is 9.88 Å². The van der Waals surface area contributed by atoms with Gasteiger partial charge in [0, 0.05) is 31.9 Å². The molecule has 0 aromatic carbocycles. The molecular formula is C13H16N4. The first-order valence-electron chi connectivity index (χ1n) is 5.71. The van der Waals surface area contributed by atoms with Crippen LogP contribution in [0.15, 0.2) is 24.5 Å². The molecule has 0 aliphatic heterocycles. The van der Waals surface area contributed by atoms with Crippen molar-refractivity contribution in [3.8, 4) is 12.1 Å². The number of nitrogens with zero attached hydrogens (tertiary/aromatic N) is 4. The van der Waals surface area contributed by atoms with E-state index in [1.165, 1.54) is 0 Å². The summed E-state index contributed by atoms with van der Waals surface area (Å²) in [6.07, 6.45) is 4.73. The zero-order valence-corrected chi connectivity index (χ0v) is 10.0. The van der Waals surface area contributed by atoms with Crippen molar-refractivity contribution < 1.29 is 0 Å². The summed E-state index contributed by atoms with van der Waals surface area (Å²) in [6.45, 7) is 3.27. The molecule has 0 aliphatic rings. The van der Waals surface area contributed by atoms with Crippen LogP contribution >= 0.6 is 0 Å². The van der Waals surface area contributed by atoms with Gasteiger partial charge in [-0.05, 0) is 18.1 Å². The number of pyridine rings is 1. The molecular weight excluding hydrogens is 212 g/mol. The lowest BCUT2D eigenvalue weighted by atomic mass is 10.1. The lowest BCUT2D eigenvalue weighted by molar-refractivity contribution is 0.225. The summed E-state index contributed by atoms with van der Waals surface area (Å²) in [5, 5.41) is 17.7. The minimum atomic E-state index is -0.136. The average Bonchev–Trinajstić information content (AvgIpc) is 2.38. The Morgan fingerprint density at radius 3 is 2.82 bits per heavy atom. The Labute approximate surface area is 102 Å². The van der Waals surface area contributed by atoms with Crippen LogP contribution in [0.3, 0.4) is 0 Å². The molecule has 1 rings (SSSR count). The fourth-order valence-electron chi connectivity index (χ4n) is 1.70. The Hall–Kier alpha value is -1.91. The molecule has 1 aromatic rings. The summed E-state index contributed by atoms with van der Waals surface area (Å²) in [4.78, 5) is 6.08. The van der Waals surface area contributed by atoms with E-state index in [2.05, 4.69) is 17.1 Å². The predicted octanol–water partition coefficient (Wildman–Crippen LogP) is 2.10. The maximum absolute atomic E-state index is 9.08. The molecule has 4 nitrogen and oxygen atoms in total. The minimum Gasteiger partial charge on any atom is -0.283 e. The van der Waals surface area contributed by atoms with E-state index in [0.717, 1.165) is 12.0 Å². The van der Waals surface area contributed by atoms with Crippen molar-refractivity contribution in [1.29, 1.82) is 10.5 Å². The second kappa shape index (κ2) is 7.38. The molecule has 4 heteroatoms. The molecule has 0 fully saturated rings. The highest BCUT2D eigenvalue weighted by Gasteiger charge is 2.15. The summed E-state index contributed by atoms with van der Waals surface area (Å²) in [5.74, 6) is 0. The van der Waals surface area contributed by atoms with Crippen LogP contribution in [0.5, 0.6) is 0 Å². The van der Waals surface area contributed by atoms with E-state index in [1.54, 1.807) is 12.4 Å². The van der Waals surface area contributed by atoms with Gasteiger partial charge in [0.15, 0.2) is 0 Å². The van der Waals surface area contributed by atoms with Gasteiger partial charge in [-0.1, -0.05) is 13.0 Å². The van der Waals surface area contributed by atoms with Gasteiger partial charge in [-0.25, -0.2) is 0 Å². The molecule has 17 heavy (non-hydrogen) atoms. The van der Waals surface area contributed by atoms with Crippen LogP contribution in [0.4, 0.5) is 0 Å². The molecule has 1 atom stereocenters. The lowest BCUT2D eigenvalue weighted by Crippen LogP contribution is -2.34. The van der Waals surface area contributed by atoms with Crippen molar-refractivity contribution in [3.05, 3.63) is 30.1 Å². The Balaban J connectivity index is 2.70. The topological polar surface area (TPSA) is 63.7 Å². The Kier molecular flexibility index (Phi) is 5.71. The molecule has 0 saturated heterocycles. The first kappa shape index (κ1) is 13.2. The highest BCUT2D eigenvalue weighted by molar-refractivity contribution is 5.09. The van der Waals surface area contributed by atoms with Gasteiger partial charge >= 0.3 is 0 Å². The van der Waals surface area contributed by atoms with Crippen LogP contribution in [0.1, 0.15) is 25.3 Å². The average molecular weight is 228 g/mol. The van der Waals surface area contributed by atoms with Gasteiger partial charge in [0.25, 0.3) is 0 Å². The third kappa shape index (κ3) is 4.22. The SMILES string of the molecule is CCC(C#N)N(CCC#N)Cc1cccnc1. The van der Waals surface area contributed by atoms with Crippen LogP contribution in [-0.2, 0) is 6.54 Å². The summed E-state index contributed by atoms with van der Waals surface area (Å²) in [7, 11) is 0. The Morgan fingerprint density at radius 1 is 1.47 bits per heavy atom. The third-order valence-corrected chi connectivity index (χ3v) is 2.60. The van der Waals surface area contributed by atoms with E-state index in [0.29, 0.717) is 19.5 Å². The predicted molar refractivity (Wildman–Crippen MR) is 64.6 cm³/mol. The van der Waals surface area contributed by atoms with Crippen molar-refractivity contribution in [2.75, 3.05) is 6.54 Å². The third-order valence-electron chi connectivity index (χ3n) is 2.60. The van der Waals surface area contributed by atoms with Crippen molar-refractivity contribution in [3.63, 3.8) is 0 Å². The molecule has 0 bridgehead atoms. The lowest BCUT2D eigenvalue weighted by Gasteiger charge is -2.25. The highest BCUT2D eigenvalue weighted by Crippen LogP contribution is 2.10. The Bertz CT molecular complexity index is 402. The molecule has 1 unspecified atom stereocenters. The van der Waals surface area contributed by atoms with E-state index in [9.17, 15) is 0 Å². The van der Waals surface area contributed by atoms with E-state index in [4.69, 9.17) is 10.5 Å². The van der Waals surface area contributed by atoms with E-state index < -0.39 is 0 Å². The number of aromatic nitrogens is 1. The van der Waals surface area contributed by atoms with Gasteiger partial charge < -0.3 is 0 Å². The zero-order chi connectivity index (χ0) is 12.5. The zero-order valence-electron chi connectivity index (χ0n) is 10.0. The van der Waals surface area contributed by atoms with Crippen LogP contribution in [0.25, 0.3) is 0 Å². The summed E-state index contributed by atoms with van der Waals surface area (Å²) in [5.41, 5.74) is 1.07. The largest absolute Gasteiger partial charge is 0.283 e. The van der Waals surface area contributed by atoms with Gasteiger partial charge in [-0.2, -0.15) is 10.5 Å². The maximum Gasteiger partial charge on any atom is 0.0978 e. The highest BCUT2D eigenvalue weighted by atomic mass is 15.1. The van der Waals surface area contributed by atoms with Crippen molar-refractivity contribution in [2.24, 2.45) is 0 Å². The molecule has 0 N–H and O–H groups in total. The number of nitriles is 2. The number of hydrogen-bond donors (Lipinski definition) is 0. The van der Waals surface area contributed by atoms with Crippen molar-refractivity contribution >= 4 is 0 Å². The molecule has 0 amide bonds. The molecule has 1 heterocycles. The molecule has 88 valence electrons. The first-order chi connectivity index (χ1) is 8.31. The summed E-state index contributed by atoms with van der Waals surface area (Å²) < 4.78 is 0. The fraction of sp³-hybridized carbons (Fsp3) is 0.462. The normalized spacial score (nSPS) is 11.8. The standard InChI is InChI=1S/C13H16N4/c1-2-13(9-15)17(8-4-6-14)11-12-5-3-7-16-10-12/h3,5,7,10,13H,2,4,8,11H2,1H3. The van der Waals surface area contributed by atoms with Gasteiger partial charge in [0.1, 0.15) is 0 Å². The van der Waals surface area contributed by atoms with Crippen molar-refractivity contribution in [1.82, 2.24) is 9.88 Å². The molecule has 0 aliphatic carbocycles. The Morgan fingerprint density at radius 2 is 2.29 bits per heavy atom. The van der Waals surface area contributed by atoms with E-state index >= 15 is 0 Å². The second-order valence-corrected chi connectivity index (χ2v) is 3.79. The van der Waals surface area contributed by atoms with E-state index in [1.807, 2.05) is 24.0 Å². The van der Waals surface area contributed by atoms with Crippen LogP contribution in [0, 0.1) is 22.7 Å². The fourth-order valence-corrected chi connectivity index (χ4v) is 1.70. The molecule has 0 radical (unpaired) electrons. The smallest absolute Gasteiger partial charge is 0.0978 e. The number of hydrogen-bond acceptors (Lipinski definition) is 4. The van der Waals surface area contributed by atoms with Gasteiger partial charge in [0.05, 0.1) is 18.2 Å². The van der Waals surface area contributed by atoms with E-state index in [-0.39, 0.29) is 6.04 Å². The van der Waals surface area contributed by atoms with Gasteiger partial charge in [0.2, 0.25) is 0 Å².